The van der Waals surface area contributed by atoms with Gasteiger partial charge >= 0.3 is 18.4 Å². The van der Waals surface area contributed by atoms with Crippen molar-refractivity contribution in [2.45, 2.75) is 12.5 Å². The topological polar surface area (TPSA) is 108 Å². The largest absolute Gasteiger partial charge is 0.573 e. The second-order valence-electron chi connectivity index (χ2n) is 3.76. The van der Waals surface area contributed by atoms with Gasteiger partial charge in [0.25, 0.3) is 0 Å². The number of aliphatic carboxylic acids is 1. The van der Waals surface area contributed by atoms with E-state index in [0.717, 1.165) is 12.1 Å². The fourth-order valence-electron chi connectivity index (χ4n) is 1.22. The summed E-state index contributed by atoms with van der Waals surface area (Å²) in [6.45, 7) is -0.556. The summed E-state index contributed by atoms with van der Waals surface area (Å²) in [6, 6.07) is 3.62. The number of carbonyl (C=O) groups is 2. The summed E-state index contributed by atoms with van der Waals surface area (Å²) in [4.78, 5) is 21.6. The Hall–Kier alpha value is -2.49. The highest BCUT2D eigenvalue weighted by Crippen LogP contribution is 2.24. The highest BCUT2D eigenvalue weighted by molar-refractivity contribution is 5.89. The van der Waals surface area contributed by atoms with Gasteiger partial charge in [0.1, 0.15) is 5.75 Å². The van der Waals surface area contributed by atoms with Crippen molar-refractivity contribution < 1.29 is 37.7 Å². The molecule has 1 aromatic carbocycles. The van der Waals surface area contributed by atoms with E-state index in [9.17, 15) is 22.8 Å². The van der Waals surface area contributed by atoms with Crippen molar-refractivity contribution in [2.75, 3.05) is 11.9 Å². The van der Waals surface area contributed by atoms with Gasteiger partial charge in [-0.1, -0.05) is 6.07 Å². The first kappa shape index (κ1) is 16.6. The number of benzene rings is 1. The Balaban J connectivity index is 2.56. The van der Waals surface area contributed by atoms with Gasteiger partial charge in [-0.05, 0) is 12.1 Å². The van der Waals surface area contributed by atoms with Crippen molar-refractivity contribution in [2.24, 2.45) is 0 Å². The van der Waals surface area contributed by atoms with Crippen LogP contribution in [0.15, 0.2) is 24.3 Å². The Kier molecular flexibility index (Phi) is 5.36. The number of anilines is 1. The number of nitrogens with one attached hydrogen (secondary N) is 2. The predicted octanol–water partition coefficient (Wildman–Crippen LogP) is 1.15. The average molecular weight is 308 g/mol. The van der Waals surface area contributed by atoms with Gasteiger partial charge in [-0.25, -0.2) is 9.59 Å². The first-order valence-corrected chi connectivity index (χ1v) is 5.49. The first-order chi connectivity index (χ1) is 9.67. The van der Waals surface area contributed by atoms with Crippen LogP contribution in [0.4, 0.5) is 23.7 Å². The summed E-state index contributed by atoms with van der Waals surface area (Å²) in [7, 11) is 0. The smallest absolute Gasteiger partial charge is 0.479 e. The molecule has 0 spiro atoms. The van der Waals surface area contributed by atoms with E-state index in [2.05, 4.69) is 10.1 Å². The number of amides is 2. The van der Waals surface area contributed by atoms with Crippen LogP contribution in [0.5, 0.6) is 5.75 Å². The molecule has 116 valence electrons. The molecule has 0 aromatic heterocycles. The number of aliphatic hydroxyl groups is 1. The molecule has 0 bridgehead atoms. The summed E-state index contributed by atoms with van der Waals surface area (Å²) < 4.78 is 39.7. The minimum absolute atomic E-state index is 0.000866. The van der Waals surface area contributed by atoms with Crippen LogP contribution < -0.4 is 15.4 Å². The molecular weight excluding hydrogens is 297 g/mol. The summed E-state index contributed by atoms with van der Waals surface area (Å²) in [5, 5.41) is 21.5. The molecule has 2 amide bonds. The van der Waals surface area contributed by atoms with Gasteiger partial charge in [-0.3, -0.25) is 0 Å². The number of hydrogen-bond donors (Lipinski definition) is 4. The number of halogens is 3. The van der Waals surface area contributed by atoms with Crippen LogP contribution in [0.2, 0.25) is 0 Å². The number of carbonyl (C=O) groups excluding carboxylic acids is 1. The van der Waals surface area contributed by atoms with E-state index in [1.807, 2.05) is 5.32 Å². The van der Waals surface area contributed by atoms with Crippen molar-refractivity contribution in [1.29, 1.82) is 0 Å². The van der Waals surface area contributed by atoms with Crippen molar-refractivity contribution in [3.63, 3.8) is 0 Å². The van der Waals surface area contributed by atoms with Crippen LogP contribution in [0, 0.1) is 0 Å². The molecule has 7 nitrogen and oxygen atoms in total. The Labute approximate surface area is 116 Å². The van der Waals surface area contributed by atoms with Crippen molar-refractivity contribution in [1.82, 2.24) is 5.32 Å². The first-order valence-electron chi connectivity index (χ1n) is 5.49. The molecule has 0 aliphatic heterocycles. The van der Waals surface area contributed by atoms with E-state index in [1.165, 1.54) is 12.1 Å². The Bertz CT molecular complexity index is 521. The lowest BCUT2D eigenvalue weighted by atomic mass is 10.3. The lowest BCUT2D eigenvalue weighted by molar-refractivity contribution is -0.274. The van der Waals surface area contributed by atoms with Crippen LogP contribution in [-0.4, -0.2) is 41.2 Å². The molecule has 0 saturated heterocycles. The lowest BCUT2D eigenvalue weighted by Crippen LogP contribution is -2.38. The summed E-state index contributed by atoms with van der Waals surface area (Å²) in [5.74, 6) is -2.04. The number of rotatable bonds is 5. The molecular formula is C11H11F3N2O5. The van der Waals surface area contributed by atoms with Gasteiger partial charge in [0, 0.05) is 11.8 Å². The number of carboxylic acids is 1. The summed E-state index contributed by atoms with van der Waals surface area (Å²) >= 11 is 0. The molecule has 0 aliphatic carbocycles. The molecule has 1 unspecified atom stereocenters. The lowest BCUT2D eigenvalue weighted by Gasteiger charge is -2.12. The zero-order valence-corrected chi connectivity index (χ0v) is 10.3. The van der Waals surface area contributed by atoms with Gasteiger partial charge in [-0.2, -0.15) is 0 Å². The van der Waals surface area contributed by atoms with E-state index >= 15 is 0 Å². The second-order valence-corrected chi connectivity index (χ2v) is 3.76. The standard InChI is InChI=1S/C11H11F3N2O5/c12-11(13,14)21-7-3-1-2-6(4-7)16-10(20)15-5-8(17)9(18)19/h1-4,8,17H,5H2,(H,18,19)(H2,15,16,20). The maximum Gasteiger partial charge on any atom is 0.573 e. The minimum Gasteiger partial charge on any atom is -0.479 e. The fraction of sp³-hybridized carbons (Fsp3) is 0.273. The normalized spacial score (nSPS) is 12.4. The molecule has 10 heteroatoms. The predicted molar refractivity (Wildman–Crippen MR) is 63.8 cm³/mol. The van der Waals surface area contributed by atoms with Crippen LogP contribution in [0.25, 0.3) is 0 Å². The molecule has 0 aliphatic rings. The third-order valence-electron chi connectivity index (χ3n) is 2.07. The number of carboxylic acid groups (broad SMARTS) is 1. The Morgan fingerprint density at radius 2 is 2.00 bits per heavy atom. The minimum atomic E-state index is -4.85. The molecule has 0 heterocycles. The SMILES string of the molecule is O=C(NCC(O)C(=O)O)Nc1cccc(OC(F)(F)F)c1. The molecule has 0 saturated carbocycles. The maximum absolute atomic E-state index is 12.0. The molecule has 1 atom stereocenters. The third kappa shape index (κ3) is 6.47. The molecule has 21 heavy (non-hydrogen) atoms. The number of ether oxygens (including phenoxy) is 1. The van der Waals surface area contributed by atoms with E-state index in [1.54, 1.807) is 0 Å². The van der Waals surface area contributed by atoms with Gasteiger partial charge in [0.2, 0.25) is 0 Å². The van der Waals surface area contributed by atoms with E-state index < -0.39 is 36.8 Å². The molecule has 1 aromatic rings. The van der Waals surface area contributed by atoms with Crippen LogP contribution in [0.3, 0.4) is 0 Å². The van der Waals surface area contributed by atoms with Crippen molar-refractivity contribution in [3.8, 4) is 5.75 Å². The zero-order valence-electron chi connectivity index (χ0n) is 10.3. The van der Waals surface area contributed by atoms with E-state index in [-0.39, 0.29) is 5.69 Å². The van der Waals surface area contributed by atoms with E-state index in [4.69, 9.17) is 10.2 Å². The van der Waals surface area contributed by atoms with Gasteiger partial charge < -0.3 is 25.6 Å². The summed E-state index contributed by atoms with van der Waals surface area (Å²) in [5.41, 5.74) is -0.000866. The van der Waals surface area contributed by atoms with Gasteiger partial charge in [-0.15, -0.1) is 13.2 Å². The quantitative estimate of drug-likeness (QED) is 0.652. The van der Waals surface area contributed by atoms with Crippen LogP contribution in [0.1, 0.15) is 0 Å². The number of hydrogen-bond acceptors (Lipinski definition) is 4. The molecule has 0 fully saturated rings. The second kappa shape index (κ2) is 6.79. The van der Waals surface area contributed by atoms with Crippen LogP contribution in [-0.2, 0) is 4.79 Å². The monoisotopic (exact) mass is 308 g/mol. The van der Waals surface area contributed by atoms with Gasteiger partial charge in [0.05, 0.1) is 6.54 Å². The molecule has 4 N–H and O–H groups in total. The number of aliphatic hydroxyl groups excluding tert-OH is 1. The van der Waals surface area contributed by atoms with Crippen molar-refractivity contribution in [3.05, 3.63) is 24.3 Å². The zero-order chi connectivity index (χ0) is 16.0. The third-order valence-corrected chi connectivity index (χ3v) is 2.07. The maximum atomic E-state index is 12.0. The number of urea groups is 1. The summed E-state index contributed by atoms with van der Waals surface area (Å²) in [6.07, 6.45) is -6.64. The van der Waals surface area contributed by atoms with E-state index in [0.29, 0.717) is 0 Å². The van der Waals surface area contributed by atoms with Crippen LogP contribution >= 0.6 is 0 Å². The number of alkyl halides is 3. The molecule has 1 rings (SSSR count). The van der Waals surface area contributed by atoms with Gasteiger partial charge in [0.15, 0.2) is 6.10 Å². The Morgan fingerprint density at radius 3 is 2.57 bits per heavy atom. The highest BCUT2D eigenvalue weighted by atomic mass is 19.4. The highest BCUT2D eigenvalue weighted by Gasteiger charge is 2.31. The van der Waals surface area contributed by atoms with Crippen molar-refractivity contribution >= 4 is 17.7 Å². The molecule has 0 radical (unpaired) electrons. The average Bonchev–Trinajstić information content (AvgIpc) is 2.34. The Morgan fingerprint density at radius 1 is 1.33 bits per heavy atom. The fourth-order valence-corrected chi connectivity index (χ4v) is 1.22.